The molecular formula is C15H11FOS. The Labute approximate surface area is 108 Å². The van der Waals surface area contributed by atoms with E-state index in [9.17, 15) is 4.39 Å². The van der Waals surface area contributed by atoms with Crippen molar-refractivity contribution in [2.45, 2.75) is 6.92 Å². The van der Waals surface area contributed by atoms with Crippen LogP contribution < -0.4 is 4.74 Å². The Kier molecular flexibility index (Phi) is 2.76. The maximum Gasteiger partial charge on any atom is 0.128 e. The van der Waals surface area contributed by atoms with E-state index in [-0.39, 0.29) is 5.82 Å². The Bertz CT molecular complexity index is 685. The summed E-state index contributed by atoms with van der Waals surface area (Å²) in [6, 6.07) is 12.0. The summed E-state index contributed by atoms with van der Waals surface area (Å²) in [5, 5.41) is 3.34. The maximum absolute atomic E-state index is 12.8. The molecule has 18 heavy (non-hydrogen) atoms. The summed E-state index contributed by atoms with van der Waals surface area (Å²) in [7, 11) is 0. The number of ether oxygens (including phenoxy) is 1. The van der Waals surface area contributed by atoms with E-state index in [0.717, 1.165) is 5.75 Å². The summed E-state index contributed by atoms with van der Waals surface area (Å²) < 4.78 is 19.7. The summed E-state index contributed by atoms with van der Waals surface area (Å²) in [6.45, 7) is 2.08. The summed E-state index contributed by atoms with van der Waals surface area (Å²) in [5.74, 6) is 1.16. The minimum atomic E-state index is -0.258. The molecule has 90 valence electrons. The van der Waals surface area contributed by atoms with Gasteiger partial charge in [0.05, 0.1) is 0 Å². The predicted octanol–water partition coefficient (Wildman–Crippen LogP) is 5.14. The molecule has 0 aliphatic rings. The second-order valence-corrected chi connectivity index (χ2v) is 5.04. The molecule has 0 bridgehead atoms. The monoisotopic (exact) mass is 258 g/mol. The molecule has 0 saturated heterocycles. The third-order valence-electron chi connectivity index (χ3n) is 2.79. The molecule has 1 heterocycles. The number of thiophene rings is 1. The highest BCUT2D eigenvalue weighted by Gasteiger charge is 2.03. The molecule has 3 rings (SSSR count). The van der Waals surface area contributed by atoms with Gasteiger partial charge < -0.3 is 4.74 Å². The smallest absolute Gasteiger partial charge is 0.128 e. The van der Waals surface area contributed by atoms with Gasteiger partial charge in [0.25, 0.3) is 0 Å². The van der Waals surface area contributed by atoms with E-state index in [1.54, 1.807) is 23.5 Å². The van der Waals surface area contributed by atoms with Gasteiger partial charge in [0.15, 0.2) is 0 Å². The van der Waals surface area contributed by atoms with Crippen molar-refractivity contribution in [1.82, 2.24) is 0 Å². The zero-order valence-corrected chi connectivity index (χ0v) is 10.6. The van der Waals surface area contributed by atoms with Crippen LogP contribution in [0.4, 0.5) is 4.39 Å². The van der Waals surface area contributed by atoms with Gasteiger partial charge in [-0.1, -0.05) is 0 Å². The molecule has 0 saturated carbocycles. The molecule has 0 unspecified atom stereocenters. The van der Waals surface area contributed by atoms with Crippen molar-refractivity contribution in [2.24, 2.45) is 0 Å². The van der Waals surface area contributed by atoms with E-state index in [2.05, 4.69) is 12.3 Å². The summed E-state index contributed by atoms with van der Waals surface area (Å²) >= 11 is 1.73. The fourth-order valence-electron chi connectivity index (χ4n) is 1.84. The Morgan fingerprint density at radius 2 is 1.72 bits per heavy atom. The van der Waals surface area contributed by atoms with Gasteiger partial charge >= 0.3 is 0 Å². The molecule has 2 aromatic carbocycles. The van der Waals surface area contributed by atoms with Crippen molar-refractivity contribution in [3.63, 3.8) is 0 Å². The summed E-state index contributed by atoms with van der Waals surface area (Å²) in [4.78, 5) is 0. The predicted molar refractivity (Wildman–Crippen MR) is 73.0 cm³/mol. The fraction of sp³-hybridized carbons (Fsp3) is 0.0667. The highest BCUT2D eigenvalue weighted by Crippen LogP contribution is 2.31. The van der Waals surface area contributed by atoms with E-state index in [1.165, 1.54) is 27.8 Å². The quantitative estimate of drug-likeness (QED) is 0.618. The minimum Gasteiger partial charge on any atom is -0.457 e. The zero-order valence-electron chi connectivity index (χ0n) is 9.81. The van der Waals surface area contributed by atoms with Gasteiger partial charge in [-0.3, -0.25) is 0 Å². The lowest BCUT2D eigenvalue weighted by molar-refractivity contribution is 0.481. The summed E-state index contributed by atoms with van der Waals surface area (Å²) in [5.41, 5.74) is 1.25. The Balaban J connectivity index is 1.94. The van der Waals surface area contributed by atoms with Gasteiger partial charge in [-0.05, 0) is 65.7 Å². The maximum atomic E-state index is 12.8. The van der Waals surface area contributed by atoms with Crippen LogP contribution in [0.3, 0.4) is 0 Å². The Hall–Kier alpha value is -1.87. The number of hydrogen-bond acceptors (Lipinski definition) is 2. The molecule has 0 aliphatic carbocycles. The number of hydrogen-bond donors (Lipinski definition) is 0. The molecule has 3 aromatic rings. The average Bonchev–Trinajstić information content (AvgIpc) is 2.74. The third-order valence-corrected chi connectivity index (χ3v) is 3.87. The number of aryl methyl sites for hydroxylation is 1. The first-order valence-corrected chi connectivity index (χ1v) is 6.51. The van der Waals surface area contributed by atoms with Crippen LogP contribution in [-0.4, -0.2) is 0 Å². The first-order chi connectivity index (χ1) is 8.72. The number of rotatable bonds is 2. The van der Waals surface area contributed by atoms with Crippen molar-refractivity contribution in [3.05, 3.63) is 59.2 Å². The van der Waals surface area contributed by atoms with Crippen LogP contribution in [-0.2, 0) is 0 Å². The van der Waals surface area contributed by atoms with Crippen LogP contribution in [0.1, 0.15) is 5.56 Å². The van der Waals surface area contributed by atoms with Crippen molar-refractivity contribution in [3.8, 4) is 11.5 Å². The second-order valence-electron chi connectivity index (χ2n) is 4.13. The molecule has 0 radical (unpaired) electrons. The van der Waals surface area contributed by atoms with Crippen LogP contribution in [0.15, 0.2) is 47.8 Å². The van der Waals surface area contributed by atoms with E-state index in [4.69, 9.17) is 4.74 Å². The van der Waals surface area contributed by atoms with E-state index in [1.807, 2.05) is 18.2 Å². The largest absolute Gasteiger partial charge is 0.457 e. The SMILES string of the molecule is Cc1csc2ccc(Oc3ccc(F)cc3)cc12. The standard InChI is InChI=1S/C15H11FOS/c1-10-9-18-15-7-6-13(8-14(10)15)17-12-4-2-11(16)3-5-12/h2-9H,1H3. The van der Waals surface area contributed by atoms with E-state index in [0.29, 0.717) is 5.75 Å². The van der Waals surface area contributed by atoms with Gasteiger partial charge in [-0.2, -0.15) is 0 Å². The molecular weight excluding hydrogens is 247 g/mol. The van der Waals surface area contributed by atoms with Crippen molar-refractivity contribution >= 4 is 21.4 Å². The molecule has 0 atom stereocenters. The van der Waals surface area contributed by atoms with Gasteiger partial charge in [-0.25, -0.2) is 4.39 Å². The highest BCUT2D eigenvalue weighted by atomic mass is 32.1. The van der Waals surface area contributed by atoms with Crippen LogP contribution in [0, 0.1) is 12.7 Å². The van der Waals surface area contributed by atoms with Crippen LogP contribution in [0.2, 0.25) is 0 Å². The first-order valence-electron chi connectivity index (χ1n) is 5.64. The number of halogens is 1. The highest BCUT2D eigenvalue weighted by molar-refractivity contribution is 7.17. The molecule has 0 aliphatic heterocycles. The third kappa shape index (κ3) is 2.09. The van der Waals surface area contributed by atoms with E-state index < -0.39 is 0 Å². The van der Waals surface area contributed by atoms with Crippen LogP contribution in [0.5, 0.6) is 11.5 Å². The number of fused-ring (bicyclic) bond motifs is 1. The lowest BCUT2D eigenvalue weighted by Crippen LogP contribution is -1.84. The normalized spacial score (nSPS) is 10.8. The lowest BCUT2D eigenvalue weighted by atomic mass is 10.2. The van der Waals surface area contributed by atoms with Gasteiger partial charge in [0.1, 0.15) is 17.3 Å². The zero-order chi connectivity index (χ0) is 12.5. The Morgan fingerprint density at radius 1 is 1.00 bits per heavy atom. The summed E-state index contributed by atoms with van der Waals surface area (Å²) in [6.07, 6.45) is 0. The average molecular weight is 258 g/mol. The molecule has 0 spiro atoms. The van der Waals surface area contributed by atoms with Crippen molar-refractivity contribution in [2.75, 3.05) is 0 Å². The topological polar surface area (TPSA) is 9.23 Å². The van der Waals surface area contributed by atoms with Crippen molar-refractivity contribution in [1.29, 1.82) is 0 Å². The van der Waals surface area contributed by atoms with Crippen molar-refractivity contribution < 1.29 is 9.13 Å². The lowest BCUT2D eigenvalue weighted by Gasteiger charge is -2.05. The second kappa shape index (κ2) is 4.42. The molecule has 1 aromatic heterocycles. The number of benzene rings is 2. The molecule has 0 N–H and O–H groups in total. The molecule has 1 nitrogen and oxygen atoms in total. The Morgan fingerprint density at radius 3 is 2.50 bits per heavy atom. The van der Waals surface area contributed by atoms with E-state index >= 15 is 0 Å². The van der Waals surface area contributed by atoms with Crippen LogP contribution >= 0.6 is 11.3 Å². The molecule has 0 amide bonds. The minimum absolute atomic E-state index is 0.258. The van der Waals surface area contributed by atoms with Crippen LogP contribution in [0.25, 0.3) is 10.1 Å². The fourth-order valence-corrected chi connectivity index (χ4v) is 2.76. The van der Waals surface area contributed by atoms with Gasteiger partial charge in [0.2, 0.25) is 0 Å². The van der Waals surface area contributed by atoms with Gasteiger partial charge in [0, 0.05) is 4.70 Å². The first kappa shape index (κ1) is 11.2. The molecule has 3 heteroatoms. The van der Waals surface area contributed by atoms with Gasteiger partial charge in [-0.15, -0.1) is 11.3 Å². The molecule has 0 fully saturated rings.